The first-order chi connectivity index (χ1) is 11.9. The van der Waals surface area contributed by atoms with Gasteiger partial charge >= 0.3 is 5.97 Å². The Bertz CT molecular complexity index is 752. The minimum Gasteiger partial charge on any atom is -0.453 e. The lowest BCUT2D eigenvalue weighted by atomic mass is 9.98. The Balaban J connectivity index is 1.88. The number of carbonyl (C=O) groups excluding carboxylic acids is 2. The molecule has 4 nitrogen and oxygen atoms in total. The van der Waals surface area contributed by atoms with E-state index in [0.717, 1.165) is 5.56 Å². The lowest BCUT2D eigenvalue weighted by molar-refractivity contribution is -0.153. The Kier molecular flexibility index (Phi) is 6.70. The van der Waals surface area contributed by atoms with E-state index in [1.54, 1.807) is 6.07 Å². The van der Waals surface area contributed by atoms with Crippen LogP contribution >= 0.6 is 15.9 Å². The highest BCUT2D eigenvalue weighted by Crippen LogP contribution is 2.21. The fraction of sp³-hybridized carbons (Fsp3) is 0.263. The molecule has 2 rings (SSSR count). The molecule has 0 aliphatic rings. The zero-order valence-electron chi connectivity index (χ0n) is 14.0. The molecule has 2 aromatic carbocycles. The van der Waals surface area contributed by atoms with Crippen molar-refractivity contribution >= 4 is 33.5 Å². The second-order valence-electron chi connectivity index (χ2n) is 5.76. The Hall–Kier alpha value is -2.21. The number of benzene rings is 2. The van der Waals surface area contributed by atoms with Crippen molar-refractivity contribution in [2.24, 2.45) is 0 Å². The zero-order chi connectivity index (χ0) is 18.4. The van der Waals surface area contributed by atoms with Crippen molar-refractivity contribution in [3.63, 3.8) is 0 Å². The third-order valence-electron chi connectivity index (χ3n) is 3.71. The first-order valence-corrected chi connectivity index (χ1v) is 8.66. The van der Waals surface area contributed by atoms with Crippen LogP contribution in [0.5, 0.6) is 0 Å². The summed E-state index contributed by atoms with van der Waals surface area (Å²) in [5, 5.41) is 2.42. The number of hydrogen-bond acceptors (Lipinski definition) is 3. The first-order valence-electron chi connectivity index (χ1n) is 7.87. The summed E-state index contributed by atoms with van der Waals surface area (Å²) in [6.45, 7) is 3.37. The van der Waals surface area contributed by atoms with E-state index in [9.17, 15) is 14.0 Å². The van der Waals surface area contributed by atoms with Crippen LogP contribution in [0.1, 0.15) is 31.7 Å². The number of ether oxygens (including phenoxy) is 1. The van der Waals surface area contributed by atoms with E-state index >= 15 is 0 Å². The summed E-state index contributed by atoms with van der Waals surface area (Å²) in [6.07, 6.45) is -0.854. The summed E-state index contributed by atoms with van der Waals surface area (Å²) in [5.41, 5.74) is 1.06. The van der Waals surface area contributed by atoms with E-state index in [1.165, 1.54) is 19.1 Å². The fourth-order valence-electron chi connectivity index (χ4n) is 2.27. The van der Waals surface area contributed by atoms with Crippen LogP contribution in [-0.2, 0) is 14.3 Å². The van der Waals surface area contributed by atoms with Crippen molar-refractivity contribution < 1.29 is 18.7 Å². The summed E-state index contributed by atoms with van der Waals surface area (Å²) < 4.78 is 19.5. The van der Waals surface area contributed by atoms with Gasteiger partial charge in [0.1, 0.15) is 5.82 Å². The molecule has 2 atom stereocenters. The summed E-state index contributed by atoms with van der Waals surface area (Å²) in [5.74, 6) is -1.65. The molecular weight excluding hydrogens is 389 g/mol. The second-order valence-corrected chi connectivity index (χ2v) is 6.68. The van der Waals surface area contributed by atoms with E-state index in [4.69, 9.17) is 4.74 Å². The van der Waals surface area contributed by atoms with Gasteiger partial charge in [0.05, 0.1) is 12.1 Å². The Morgan fingerprint density at radius 3 is 2.48 bits per heavy atom. The van der Waals surface area contributed by atoms with Gasteiger partial charge in [-0.15, -0.1) is 0 Å². The van der Waals surface area contributed by atoms with Crippen LogP contribution in [0.2, 0.25) is 0 Å². The molecule has 0 aliphatic heterocycles. The molecule has 0 spiro atoms. The van der Waals surface area contributed by atoms with Crippen molar-refractivity contribution in [2.45, 2.75) is 32.3 Å². The predicted molar refractivity (Wildman–Crippen MR) is 97.8 cm³/mol. The molecule has 0 bridgehead atoms. The third-order valence-corrected chi connectivity index (χ3v) is 4.20. The minimum absolute atomic E-state index is 0.0205. The maximum absolute atomic E-state index is 13.7. The molecular formula is C19H19BrFNO3. The normalized spacial score (nSPS) is 13.0. The molecule has 2 aromatic rings. The highest BCUT2D eigenvalue weighted by molar-refractivity contribution is 9.10. The van der Waals surface area contributed by atoms with Crippen molar-refractivity contribution in [1.29, 1.82) is 0 Å². The van der Waals surface area contributed by atoms with Gasteiger partial charge in [0.15, 0.2) is 6.10 Å². The molecule has 25 heavy (non-hydrogen) atoms. The summed E-state index contributed by atoms with van der Waals surface area (Å²) in [7, 11) is 0. The zero-order valence-corrected chi connectivity index (χ0v) is 15.5. The molecule has 0 unspecified atom stereocenters. The highest BCUT2D eigenvalue weighted by Gasteiger charge is 2.21. The molecule has 0 saturated heterocycles. The standard InChI is InChI=1S/C19H19BrFNO3/c1-12(14-6-4-3-5-7-14)10-18(23)25-13(2)19(24)22-17-9-8-15(20)11-16(17)21/h3-9,11-13H,10H2,1-2H3,(H,22,24)/t12-,13-/m0/s1. The van der Waals surface area contributed by atoms with Gasteiger partial charge in [-0.25, -0.2) is 4.39 Å². The Morgan fingerprint density at radius 2 is 1.84 bits per heavy atom. The van der Waals surface area contributed by atoms with Gasteiger partial charge in [0.25, 0.3) is 5.91 Å². The summed E-state index contributed by atoms with van der Waals surface area (Å²) in [4.78, 5) is 24.1. The van der Waals surface area contributed by atoms with Gasteiger partial charge in [-0.05, 0) is 36.6 Å². The molecule has 0 aliphatic carbocycles. The van der Waals surface area contributed by atoms with Crippen LogP contribution in [0.3, 0.4) is 0 Å². The van der Waals surface area contributed by atoms with Gasteiger partial charge in [-0.3, -0.25) is 9.59 Å². The van der Waals surface area contributed by atoms with Gasteiger partial charge in [0.2, 0.25) is 0 Å². The number of rotatable bonds is 6. The second kappa shape index (κ2) is 8.76. The number of nitrogens with one attached hydrogen (secondary N) is 1. The Labute approximate surface area is 154 Å². The molecule has 0 saturated carbocycles. The van der Waals surface area contributed by atoms with Crippen molar-refractivity contribution in [3.05, 3.63) is 64.4 Å². The van der Waals surface area contributed by atoms with Crippen LogP contribution in [0.25, 0.3) is 0 Å². The van der Waals surface area contributed by atoms with Crippen LogP contribution in [0.15, 0.2) is 53.0 Å². The molecule has 6 heteroatoms. The van der Waals surface area contributed by atoms with E-state index < -0.39 is 23.8 Å². The van der Waals surface area contributed by atoms with Gasteiger partial charge in [0, 0.05) is 4.47 Å². The largest absolute Gasteiger partial charge is 0.453 e. The molecule has 0 aromatic heterocycles. The lowest BCUT2D eigenvalue weighted by Gasteiger charge is -2.16. The number of halogens is 2. The molecule has 132 valence electrons. The maximum atomic E-state index is 13.7. The van der Waals surface area contributed by atoms with Crippen LogP contribution in [0.4, 0.5) is 10.1 Å². The number of anilines is 1. The molecule has 0 heterocycles. The number of carbonyl (C=O) groups is 2. The topological polar surface area (TPSA) is 55.4 Å². The van der Waals surface area contributed by atoms with E-state index in [-0.39, 0.29) is 18.0 Å². The average Bonchev–Trinajstić information content (AvgIpc) is 2.57. The number of esters is 1. The van der Waals surface area contributed by atoms with Gasteiger partial charge in [-0.2, -0.15) is 0 Å². The van der Waals surface area contributed by atoms with E-state index in [2.05, 4.69) is 21.2 Å². The monoisotopic (exact) mass is 407 g/mol. The third kappa shape index (κ3) is 5.67. The smallest absolute Gasteiger partial charge is 0.307 e. The molecule has 1 amide bonds. The van der Waals surface area contributed by atoms with Crippen molar-refractivity contribution in [3.8, 4) is 0 Å². The minimum atomic E-state index is -1.02. The lowest BCUT2D eigenvalue weighted by Crippen LogP contribution is -2.30. The average molecular weight is 408 g/mol. The number of amides is 1. The van der Waals surface area contributed by atoms with Gasteiger partial charge in [-0.1, -0.05) is 53.2 Å². The molecule has 1 N–H and O–H groups in total. The number of hydrogen-bond donors (Lipinski definition) is 1. The SMILES string of the molecule is C[C@H](OC(=O)C[C@H](C)c1ccccc1)C(=O)Nc1ccc(Br)cc1F. The van der Waals surface area contributed by atoms with E-state index in [1.807, 2.05) is 37.3 Å². The van der Waals surface area contributed by atoms with Crippen LogP contribution in [-0.4, -0.2) is 18.0 Å². The van der Waals surface area contributed by atoms with Crippen LogP contribution in [0, 0.1) is 5.82 Å². The quantitative estimate of drug-likeness (QED) is 0.708. The molecule has 0 fully saturated rings. The highest BCUT2D eigenvalue weighted by atomic mass is 79.9. The first kappa shape index (κ1) is 19.1. The van der Waals surface area contributed by atoms with E-state index in [0.29, 0.717) is 4.47 Å². The maximum Gasteiger partial charge on any atom is 0.307 e. The predicted octanol–water partition coefficient (Wildman–Crippen LogP) is 4.65. The molecule has 0 radical (unpaired) electrons. The van der Waals surface area contributed by atoms with Crippen molar-refractivity contribution in [1.82, 2.24) is 0 Å². The van der Waals surface area contributed by atoms with Gasteiger partial charge < -0.3 is 10.1 Å². The summed E-state index contributed by atoms with van der Waals surface area (Å²) >= 11 is 3.14. The van der Waals surface area contributed by atoms with Crippen LogP contribution < -0.4 is 5.32 Å². The van der Waals surface area contributed by atoms with Crippen molar-refractivity contribution in [2.75, 3.05) is 5.32 Å². The Morgan fingerprint density at radius 1 is 1.16 bits per heavy atom. The fourth-order valence-corrected chi connectivity index (χ4v) is 2.61. The summed E-state index contributed by atoms with van der Waals surface area (Å²) in [6, 6.07) is 13.9.